The molecule has 0 aromatic carbocycles. The van der Waals surface area contributed by atoms with E-state index in [-0.39, 0.29) is 0 Å². The van der Waals surface area contributed by atoms with E-state index in [0.717, 1.165) is 25.9 Å². The number of hydrogen-bond donors (Lipinski definition) is 1. The number of likely N-dealkylation sites (tertiary alicyclic amines) is 1. The second kappa shape index (κ2) is 6.02. The van der Waals surface area contributed by atoms with Crippen LogP contribution in [0.3, 0.4) is 0 Å². The first-order valence-electron chi connectivity index (χ1n) is 5.66. The van der Waals surface area contributed by atoms with Crippen LogP contribution in [0.5, 0.6) is 0 Å². The Balaban J connectivity index is 2.14. The standard InChI is InChI=1S/C11H21NO2/c1-2-3-6-12-7-4-10(5-8-12)9-11(13)14/h10H,2-9H2,1H3,(H,13,14). The summed E-state index contributed by atoms with van der Waals surface area (Å²) in [5, 5.41) is 8.66. The minimum absolute atomic E-state index is 0.363. The van der Waals surface area contributed by atoms with E-state index < -0.39 is 5.97 Å². The zero-order valence-electron chi connectivity index (χ0n) is 9.04. The largest absolute Gasteiger partial charge is 0.481 e. The quantitative estimate of drug-likeness (QED) is 0.736. The summed E-state index contributed by atoms with van der Waals surface area (Å²) in [5.41, 5.74) is 0. The zero-order valence-corrected chi connectivity index (χ0v) is 9.04. The van der Waals surface area contributed by atoms with Crippen molar-refractivity contribution < 1.29 is 9.90 Å². The normalized spacial score (nSPS) is 19.8. The third-order valence-electron chi connectivity index (χ3n) is 3.00. The lowest BCUT2D eigenvalue weighted by atomic mass is 9.93. The molecule has 1 rings (SSSR count). The molecule has 3 heteroatoms. The van der Waals surface area contributed by atoms with Gasteiger partial charge in [-0.25, -0.2) is 0 Å². The van der Waals surface area contributed by atoms with Gasteiger partial charge in [0.15, 0.2) is 0 Å². The minimum Gasteiger partial charge on any atom is -0.481 e. The highest BCUT2D eigenvalue weighted by atomic mass is 16.4. The molecule has 14 heavy (non-hydrogen) atoms. The summed E-state index contributed by atoms with van der Waals surface area (Å²) in [7, 11) is 0. The van der Waals surface area contributed by atoms with Crippen molar-refractivity contribution in [1.82, 2.24) is 4.90 Å². The van der Waals surface area contributed by atoms with E-state index in [1.807, 2.05) is 0 Å². The molecule has 0 saturated carbocycles. The SMILES string of the molecule is CCCCN1CCC(CC(=O)O)CC1. The van der Waals surface area contributed by atoms with Gasteiger partial charge in [0, 0.05) is 6.42 Å². The average molecular weight is 199 g/mol. The Morgan fingerprint density at radius 2 is 2.07 bits per heavy atom. The molecule has 1 aliphatic rings. The summed E-state index contributed by atoms with van der Waals surface area (Å²) < 4.78 is 0. The zero-order chi connectivity index (χ0) is 10.4. The molecule has 82 valence electrons. The van der Waals surface area contributed by atoms with Crippen LogP contribution in [0, 0.1) is 5.92 Å². The van der Waals surface area contributed by atoms with E-state index in [0.29, 0.717) is 12.3 Å². The second-order valence-electron chi connectivity index (χ2n) is 4.24. The Kier molecular flexibility index (Phi) is 4.94. The number of unbranched alkanes of at least 4 members (excludes halogenated alkanes) is 1. The summed E-state index contributed by atoms with van der Waals surface area (Å²) >= 11 is 0. The molecule has 3 nitrogen and oxygen atoms in total. The molecular formula is C11H21NO2. The maximum atomic E-state index is 10.5. The van der Waals surface area contributed by atoms with Crippen molar-refractivity contribution >= 4 is 5.97 Å². The molecule has 0 aromatic heterocycles. The highest BCUT2D eigenvalue weighted by Crippen LogP contribution is 2.20. The number of rotatable bonds is 5. The Hall–Kier alpha value is -0.570. The summed E-state index contributed by atoms with van der Waals surface area (Å²) in [5.74, 6) is -0.220. The van der Waals surface area contributed by atoms with Gasteiger partial charge in [0.2, 0.25) is 0 Å². The summed E-state index contributed by atoms with van der Waals surface area (Å²) in [4.78, 5) is 13.0. The van der Waals surface area contributed by atoms with Crippen molar-refractivity contribution in [2.24, 2.45) is 5.92 Å². The van der Waals surface area contributed by atoms with Gasteiger partial charge in [-0.05, 0) is 44.8 Å². The predicted molar refractivity (Wildman–Crippen MR) is 56.3 cm³/mol. The first-order valence-corrected chi connectivity index (χ1v) is 5.66. The van der Waals surface area contributed by atoms with Gasteiger partial charge >= 0.3 is 5.97 Å². The van der Waals surface area contributed by atoms with E-state index >= 15 is 0 Å². The fourth-order valence-corrected chi connectivity index (χ4v) is 2.04. The second-order valence-corrected chi connectivity index (χ2v) is 4.24. The van der Waals surface area contributed by atoms with Gasteiger partial charge in [-0.2, -0.15) is 0 Å². The van der Waals surface area contributed by atoms with Crippen LogP contribution in [0.15, 0.2) is 0 Å². The predicted octanol–water partition coefficient (Wildman–Crippen LogP) is 1.97. The molecule has 0 atom stereocenters. The smallest absolute Gasteiger partial charge is 0.303 e. The third-order valence-corrected chi connectivity index (χ3v) is 3.00. The number of carbonyl (C=O) groups is 1. The Morgan fingerprint density at radius 1 is 1.43 bits per heavy atom. The topological polar surface area (TPSA) is 40.5 Å². The molecule has 1 N–H and O–H groups in total. The average Bonchev–Trinajstić information content (AvgIpc) is 2.16. The van der Waals surface area contributed by atoms with Crippen LogP contribution in [0.2, 0.25) is 0 Å². The van der Waals surface area contributed by atoms with Crippen molar-refractivity contribution in [2.75, 3.05) is 19.6 Å². The monoisotopic (exact) mass is 199 g/mol. The Bertz CT molecular complexity index is 174. The highest BCUT2D eigenvalue weighted by Gasteiger charge is 2.20. The summed E-state index contributed by atoms with van der Waals surface area (Å²) in [6.07, 6.45) is 5.01. The van der Waals surface area contributed by atoms with E-state index in [4.69, 9.17) is 5.11 Å². The fourth-order valence-electron chi connectivity index (χ4n) is 2.04. The van der Waals surface area contributed by atoms with Crippen molar-refractivity contribution in [3.05, 3.63) is 0 Å². The first kappa shape index (κ1) is 11.5. The molecule has 0 bridgehead atoms. The third kappa shape index (κ3) is 4.09. The lowest BCUT2D eigenvalue weighted by Gasteiger charge is -2.31. The number of carboxylic acids is 1. The highest BCUT2D eigenvalue weighted by molar-refractivity contribution is 5.67. The molecular weight excluding hydrogens is 178 g/mol. The Morgan fingerprint density at radius 3 is 2.57 bits per heavy atom. The fraction of sp³-hybridized carbons (Fsp3) is 0.909. The number of nitrogens with zero attached hydrogens (tertiary/aromatic N) is 1. The molecule has 1 aliphatic heterocycles. The number of aliphatic carboxylic acids is 1. The van der Waals surface area contributed by atoms with Gasteiger partial charge in [-0.3, -0.25) is 4.79 Å². The van der Waals surface area contributed by atoms with E-state index in [1.165, 1.54) is 19.4 Å². The van der Waals surface area contributed by atoms with Crippen LogP contribution >= 0.6 is 0 Å². The van der Waals surface area contributed by atoms with Crippen LogP contribution in [-0.4, -0.2) is 35.6 Å². The van der Waals surface area contributed by atoms with Gasteiger partial charge < -0.3 is 10.0 Å². The van der Waals surface area contributed by atoms with Crippen LogP contribution < -0.4 is 0 Å². The minimum atomic E-state index is -0.642. The molecule has 0 aromatic rings. The van der Waals surface area contributed by atoms with E-state index in [1.54, 1.807) is 0 Å². The molecule has 1 saturated heterocycles. The van der Waals surface area contributed by atoms with Crippen LogP contribution in [-0.2, 0) is 4.79 Å². The van der Waals surface area contributed by atoms with Crippen LogP contribution in [0.25, 0.3) is 0 Å². The summed E-state index contributed by atoms with van der Waals surface area (Å²) in [6.45, 7) is 5.59. The van der Waals surface area contributed by atoms with Crippen molar-refractivity contribution in [1.29, 1.82) is 0 Å². The van der Waals surface area contributed by atoms with Crippen molar-refractivity contribution in [3.8, 4) is 0 Å². The van der Waals surface area contributed by atoms with Crippen molar-refractivity contribution in [3.63, 3.8) is 0 Å². The molecule has 1 heterocycles. The van der Waals surface area contributed by atoms with Gasteiger partial charge in [0.05, 0.1) is 0 Å². The maximum Gasteiger partial charge on any atom is 0.303 e. The van der Waals surface area contributed by atoms with Gasteiger partial charge in [-0.15, -0.1) is 0 Å². The molecule has 0 amide bonds. The van der Waals surface area contributed by atoms with Crippen LogP contribution in [0.4, 0.5) is 0 Å². The van der Waals surface area contributed by atoms with E-state index in [2.05, 4.69) is 11.8 Å². The van der Waals surface area contributed by atoms with Crippen molar-refractivity contribution in [2.45, 2.75) is 39.0 Å². The number of carboxylic acid groups (broad SMARTS) is 1. The number of piperidine rings is 1. The number of hydrogen-bond acceptors (Lipinski definition) is 2. The van der Waals surface area contributed by atoms with E-state index in [9.17, 15) is 4.79 Å². The lowest BCUT2D eigenvalue weighted by Crippen LogP contribution is -2.34. The molecule has 0 spiro atoms. The maximum absolute atomic E-state index is 10.5. The first-order chi connectivity index (χ1) is 6.72. The molecule has 0 aliphatic carbocycles. The van der Waals surface area contributed by atoms with Gasteiger partial charge in [0.25, 0.3) is 0 Å². The lowest BCUT2D eigenvalue weighted by molar-refractivity contribution is -0.138. The van der Waals surface area contributed by atoms with Crippen LogP contribution in [0.1, 0.15) is 39.0 Å². The molecule has 1 fully saturated rings. The summed E-state index contributed by atoms with van der Waals surface area (Å²) in [6, 6.07) is 0. The van der Waals surface area contributed by atoms with Gasteiger partial charge in [-0.1, -0.05) is 13.3 Å². The van der Waals surface area contributed by atoms with Gasteiger partial charge in [0.1, 0.15) is 0 Å². The molecule has 0 unspecified atom stereocenters. The Labute approximate surface area is 86.1 Å². The molecule has 0 radical (unpaired) electrons.